The molecule has 4 rings (SSSR count). The van der Waals surface area contributed by atoms with Crippen LogP contribution >= 0.6 is 0 Å². The number of aromatic nitrogens is 1. The van der Waals surface area contributed by atoms with Crippen LogP contribution in [0, 0.1) is 6.57 Å². The first-order chi connectivity index (χ1) is 10.4. The van der Waals surface area contributed by atoms with Gasteiger partial charge in [-0.2, -0.15) is 0 Å². The zero-order chi connectivity index (χ0) is 14.2. The molecule has 2 nitrogen and oxygen atoms in total. The van der Waals surface area contributed by atoms with Gasteiger partial charge in [0.05, 0.1) is 0 Å². The van der Waals surface area contributed by atoms with Crippen LogP contribution in [0.4, 0.5) is 5.69 Å². The molecule has 0 bridgehead atoms. The Bertz CT molecular complexity index is 994. The maximum atomic E-state index is 7.36. The van der Waals surface area contributed by atoms with Gasteiger partial charge in [0.15, 0.2) is 0 Å². The predicted octanol–water partition coefficient (Wildman–Crippen LogP) is 4.66. The normalized spacial score (nSPS) is 10.8. The molecule has 0 aliphatic carbocycles. The number of hydrogen-bond acceptors (Lipinski definition) is 1. The minimum absolute atomic E-state index is 0.167. The first kappa shape index (κ1) is 12.3. The van der Waals surface area contributed by atoms with Crippen LogP contribution in [0.25, 0.3) is 35.4 Å². The summed E-state index contributed by atoms with van der Waals surface area (Å²) in [6.45, 7) is 7.36. The van der Waals surface area contributed by atoms with E-state index in [1.165, 1.54) is 24.9 Å². The zero-order valence-corrected chi connectivity index (χ0v) is 12.8. The molecule has 0 aliphatic rings. The van der Waals surface area contributed by atoms with Crippen LogP contribution in [-0.4, -0.2) is 19.5 Å². The van der Waals surface area contributed by atoms with Gasteiger partial charge in [-0.15, -0.1) is 0 Å². The van der Waals surface area contributed by atoms with Crippen LogP contribution in [0.5, 0.6) is 0 Å². The van der Waals surface area contributed by atoms with Crippen molar-refractivity contribution in [1.29, 1.82) is 0 Å². The third-order valence-electron chi connectivity index (χ3n) is 3.56. The van der Waals surface area contributed by atoms with Gasteiger partial charge in [-0.1, -0.05) is 0 Å². The molecule has 0 amide bonds. The second-order valence-electron chi connectivity index (χ2n) is 4.76. The summed E-state index contributed by atoms with van der Waals surface area (Å²) in [4.78, 5) is 8.16. The molecule has 21 heavy (non-hydrogen) atoms. The second-order valence-corrected chi connectivity index (χ2v) is 6.91. The molecule has 0 unspecified atom stereocenters. The Balaban J connectivity index is 2.14. The van der Waals surface area contributed by atoms with E-state index in [1.54, 1.807) is 0 Å². The number of rotatable bonds is 1. The molecular weight excluding hydrogens is 323 g/mol. The van der Waals surface area contributed by atoms with Crippen molar-refractivity contribution in [3.8, 4) is 11.3 Å². The van der Waals surface area contributed by atoms with E-state index in [9.17, 15) is 0 Å². The van der Waals surface area contributed by atoms with Crippen LogP contribution in [0.3, 0.4) is 0 Å². The minimum atomic E-state index is 0.167. The summed E-state index contributed by atoms with van der Waals surface area (Å²) in [5.74, 6) is 0. The molecular formula is C18H10N2Se. The van der Waals surface area contributed by atoms with E-state index < -0.39 is 0 Å². The Hall–Kier alpha value is -2.40. The average Bonchev–Trinajstić information content (AvgIpc) is 2.94. The van der Waals surface area contributed by atoms with Gasteiger partial charge in [0, 0.05) is 0 Å². The summed E-state index contributed by atoms with van der Waals surface area (Å²) in [6, 6.07) is 18.4. The molecule has 0 N–H and O–H groups in total. The van der Waals surface area contributed by atoms with Crippen LogP contribution < -0.4 is 0 Å². The monoisotopic (exact) mass is 334 g/mol. The molecule has 98 valence electrons. The third kappa shape index (κ3) is 1.89. The van der Waals surface area contributed by atoms with Gasteiger partial charge < -0.3 is 0 Å². The Morgan fingerprint density at radius 1 is 0.857 bits per heavy atom. The Morgan fingerprint density at radius 2 is 1.67 bits per heavy atom. The molecule has 0 radical (unpaired) electrons. The van der Waals surface area contributed by atoms with E-state index in [0.29, 0.717) is 0 Å². The number of pyridine rings is 1. The second kappa shape index (κ2) is 4.86. The van der Waals surface area contributed by atoms with Crippen molar-refractivity contribution in [1.82, 2.24) is 4.98 Å². The van der Waals surface area contributed by atoms with Crippen molar-refractivity contribution in [3.63, 3.8) is 0 Å². The molecule has 2 aromatic heterocycles. The van der Waals surface area contributed by atoms with Crippen molar-refractivity contribution in [2.45, 2.75) is 0 Å². The van der Waals surface area contributed by atoms with E-state index in [-0.39, 0.29) is 14.5 Å². The van der Waals surface area contributed by atoms with Crippen molar-refractivity contribution >= 4 is 39.5 Å². The average molecular weight is 333 g/mol. The summed E-state index contributed by atoms with van der Waals surface area (Å²) >= 11 is 0.167. The van der Waals surface area contributed by atoms with E-state index >= 15 is 0 Å². The van der Waals surface area contributed by atoms with Gasteiger partial charge in [0.2, 0.25) is 0 Å². The van der Waals surface area contributed by atoms with Crippen LogP contribution in [0.2, 0.25) is 0 Å². The number of hydrogen-bond donors (Lipinski definition) is 0. The van der Waals surface area contributed by atoms with Crippen molar-refractivity contribution < 1.29 is 0 Å². The summed E-state index contributed by atoms with van der Waals surface area (Å²) in [6.07, 6.45) is 1.83. The molecule has 0 atom stereocenters. The van der Waals surface area contributed by atoms with Crippen LogP contribution in [0.15, 0.2) is 60.8 Å². The molecule has 0 saturated carbocycles. The fourth-order valence-electron chi connectivity index (χ4n) is 2.62. The summed E-state index contributed by atoms with van der Waals surface area (Å²) in [5, 5.41) is 2.48. The topological polar surface area (TPSA) is 17.2 Å². The van der Waals surface area contributed by atoms with E-state index in [4.69, 9.17) is 6.57 Å². The van der Waals surface area contributed by atoms with Gasteiger partial charge in [0.25, 0.3) is 0 Å². The zero-order valence-electron chi connectivity index (χ0n) is 11.1. The van der Waals surface area contributed by atoms with E-state index in [2.05, 4.69) is 34.1 Å². The number of nitrogens with zero attached hydrogens (tertiary/aromatic N) is 2. The molecule has 0 saturated heterocycles. The SMILES string of the molecule is [C-]#[N+]c1cccc2c1[se]c1c(-c3ccccn3)cccc12. The quantitative estimate of drug-likeness (QED) is 0.366. The molecule has 2 heterocycles. The standard InChI is InChI=1S/C18H10N2Se/c1-19-16-10-5-7-13-12-6-4-8-14(17(12)21-18(13)16)15-9-2-3-11-20-15/h2-11H. The summed E-state index contributed by atoms with van der Waals surface area (Å²) in [5.41, 5.74) is 2.99. The van der Waals surface area contributed by atoms with Gasteiger partial charge in [-0.25, -0.2) is 0 Å². The van der Waals surface area contributed by atoms with E-state index in [0.717, 1.165) is 11.4 Å². The Morgan fingerprint density at radius 3 is 2.43 bits per heavy atom. The summed E-state index contributed by atoms with van der Waals surface area (Å²) in [7, 11) is 0. The van der Waals surface area contributed by atoms with Crippen molar-refractivity contribution in [2.24, 2.45) is 0 Å². The fraction of sp³-hybridized carbons (Fsp3) is 0. The number of fused-ring (bicyclic) bond motifs is 3. The van der Waals surface area contributed by atoms with Crippen LogP contribution in [-0.2, 0) is 0 Å². The molecule has 0 fully saturated rings. The maximum absolute atomic E-state index is 7.36. The third-order valence-corrected chi connectivity index (χ3v) is 6.24. The molecule has 2 aromatic carbocycles. The van der Waals surface area contributed by atoms with Crippen molar-refractivity contribution in [2.75, 3.05) is 0 Å². The van der Waals surface area contributed by atoms with Crippen molar-refractivity contribution in [3.05, 3.63) is 72.2 Å². The molecule has 4 aromatic rings. The van der Waals surface area contributed by atoms with Gasteiger partial charge in [-0.3, -0.25) is 0 Å². The van der Waals surface area contributed by atoms with Gasteiger partial charge in [0.1, 0.15) is 0 Å². The molecule has 3 heteroatoms. The molecule has 0 spiro atoms. The first-order valence-electron chi connectivity index (χ1n) is 6.61. The summed E-state index contributed by atoms with van der Waals surface area (Å²) < 4.78 is 2.55. The van der Waals surface area contributed by atoms with Gasteiger partial charge in [-0.05, 0) is 0 Å². The fourth-order valence-corrected chi connectivity index (χ4v) is 5.30. The van der Waals surface area contributed by atoms with E-state index in [1.807, 2.05) is 36.5 Å². The first-order valence-corrected chi connectivity index (χ1v) is 8.33. The predicted molar refractivity (Wildman–Crippen MR) is 87.9 cm³/mol. The number of benzene rings is 2. The molecule has 0 aliphatic heterocycles. The van der Waals surface area contributed by atoms with Gasteiger partial charge >= 0.3 is 128 Å². The Labute approximate surface area is 128 Å². The Kier molecular flexibility index (Phi) is 2.86. The van der Waals surface area contributed by atoms with Crippen LogP contribution in [0.1, 0.15) is 0 Å².